The van der Waals surface area contributed by atoms with E-state index in [1.54, 1.807) is 18.3 Å². The molecule has 2 heterocycles. The summed E-state index contributed by atoms with van der Waals surface area (Å²) < 4.78 is 0.686. The van der Waals surface area contributed by atoms with Crippen molar-refractivity contribution in [2.24, 2.45) is 11.8 Å². The summed E-state index contributed by atoms with van der Waals surface area (Å²) in [5.41, 5.74) is 0. The third-order valence-corrected chi connectivity index (χ3v) is 4.41. The highest BCUT2D eigenvalue weighted by molar-refractivity contribution is 9.10. The maximum Gasteiger partial charge on any atom is 0.238 e. The van der Waals surface area contributed by atoms with Gasteiger partial charge in [0.2, 0.25) is 11.8 Å². The van der Waals surface area contributed by atoms with E-state index in [0.717, 1.165) is 25.7 Å². The minimum atomic E-state index is -0.125. The van der Waals surface area contributed by atoms with E-state index in [0.29, 0.717) is 10.3 Å². The zero-order chi connectivity index (χ0) is 12.7. The monoisotopic (exact) mass is 308 g/mol. The smallest absolute Gasteiger partial charge is 0.238 e. The van der Waals surface area contributed by atoms with Crippen LogP contribution in [0.15, 0.2) is 22.8 Å². The van der Waals surface area contributed by atoms with E-state index in [2.05, 4.69) is 20.9 Å². The molecule has 2 fully saturated rings. The maximum absolute atomic E-state index is 12.3. The molecule has 2 unspecified atom stereocenters. The molecule has 0 bridgehead atoms. The first-order valence-corrected chi connectivity index (χ1v) is 6.98. The van der Waals surface area contributed by atoms with E-state index < -0.39 is 0 Å². The Morgan fingerprint density at radius 2 is 1.78 bits per heavy atom. The van der Waals surface area contributed by atoms with Crippen molar-refractivity contribution >= 4 is 33.6 Å². The van der Waals surface area contributed by atoms with Gasteiger partial charge in [-0.25, -0.2) is 9.88 Å². The van der Waals surface area contributed by atoms with Crippen LogP contribution in [0.4, 0.5) is 5.82 Å². The number of fused-ring (bicyclic) bond motifs is 1. The van der Waals surface area contributed by atoms with Gasteiger partial charge in [0.15, 0.2) is 5.82 Å². The van der Waals surface area contributed by atoms with Gasteiger partial charge in [-0.1, -0.05) is 12.8 Å². The molecule has 1 aromatic rings. The molecule has 1 saturated carbocycles. The van der Waals surface area contributed by atoms with Gasteiger partial charge in [0.05, 0.1) is 16.3 Å². The number of halogens is 1. The Balaban J connectivity index is 2.00. The standard InChI is InChI=1S/C13H13BrN2O2/c14-10-6-3-7-15-11(10)16-12(17)8-4-1-2-5-9(8)13(16)18/h3,6-9H,1-2,4-5H2. The Morgan fingerprint density at radius 3 is 2.33 bits per heavy atom. The van der Waals surface area contributed by atoms with E-state index in [1.165, 1.54) is 4.90 Å². The van der Waals surface area contributed by atoms with Gasteiger partial charge in [0.25, 0.3) is 0 Å². The lowest BCUT2D eigenvalue weighted by molar-refractivity contribution is -0.122. The first-order valence-electron chi connectivity index (χ1n) is 6.18. The molecular weight excluding hydrogens is 296 g/mol. The minimum absolute atomic E-state index is 0.0795. The Hall–Kier alpha value is -1.23. The SMILES string of the molecule is O=C1C2CCCCC2C(=O)N1c1ncccc1Br. The lowest BCUT2D eigenvalue weighted by atomic mass is 9.81. The Morgan fingerprint density at radius 1 is 1.17 bits per heavy atom. The summed E-state index contributed by atoms with van der Waals surface area (Å²) in [7, 11) is 0. The van der Waals surface area contributed by atoms with Crippen LogP contribution >= 0.6 is 15.9 Å². The summed E-state index contributed by atoms with van der Waals surface area (Å²) in [4.78, 5) is 30.1. The number of amides is 2. The van der Waals surface area contributed by atoms with Crippen LogP contribution in [0.2, 0.25) is 0 Å². The van der Waals surface area contributed by atoms with Gasteiger partial charge in [-0.3, -0.25) is 9.59 Å². The minimum Gasteiger partial charge on any atom is -0.274 e. The second kappa shape index (κ2) is 4.46. The van der Waals surface area contributed by atoms with E-state index in [1.807, 2.05) is 0 Å². The first-order chi connectivity index (χ1) is 8.70. The van der Waals surface area contributed by atoms with E-state index >= 15 is 0 Å². The highest BCUT2D eigenvalue weighted by Crippen LogP contribution is 2.40. The molecule has 0 N–H and O–H groups in total. The van der Waals surface area contributed by atoms with Crippen LogP contribution in [0.5, 0.6) is 0 Å². The molecule has 5 heteroatoms. The summed E-state index contributed by atoms with van der Waals surface area (Å²) in [5, 5.41) is 0. The molecule has 3 rings (SSSR count). The van der Waals surface area contributed by atoms with Gasteiger partial charge in [-0.15, -0.1) is 0 Å². The second-order valence-corrected chi connectivity index (χ2v) is 5.67. The third kappa shape index (κ3) is 1.68. The number of rotatable bonds is 1. The molecule has 1 aromatic heterocycles. The molecule has 0 radical (unpaired) electrons. The fraction of sp³-hybridized carbons (Fsp3) is 0.462. The molecule has 2 aliphatic rings. The summed E-state index contributed by atoms with van der Waals surface area (Å²) in [6, 6.07) is 3.57. The third-order valence-electron chi connectivity index (χ3n) is 3.79. The van der Waals surface area contributed by atoms with Gasteiger partial charge in [0, 0.05) is 6.20 Å². The van der Waals surface area contributed by atoms with Crippen molar-refractivity contribution < 1.29 is 9.59 Å². The van der Waals surface area contributed by atoms with Crippen LogP contribution in [0.1, 0.15) is 25.7 Å². The van der Waals surface area contributed by atoms with Crippen molar-refractivity contribution in [1.82, 2.24) is 4.98 Å². The number of nitrogens with zero attached hydrogens (tertiary/aromatic N) is 2. The van der Waals surface area contributed by atoms with E-state index in [-0.39, 0.29) is 23.7 Å². The van der Waals surface area contributed by atoms with Crippen molar-refractivity contribution in [2.75, 3.05) is 4.90 Å². The molecule has 1 saturated heterocycles. The topological polar surface area (TPSA) is 50.3 Å². The van der Waals surface area contributed by atoms with Crippen LogP contribution < -0.4 is 4.90 Å². The summed E-state index contributed by atoms with van der Waals surface area (Å²) in [6.45, 7) is 0. The number of anilines is 1. The fourth-order valence-corrected chi connectivity index (χ4v) is 3.35. The number of imide groups is 1. The van der Waals surface area contributed by atoms with Gasteiger partial charge >= 0.3 is 0 Å². The lowest BCUT2D eigenvalue weighted by Crippen LogP contribution is -2.31. The normalized spacial score (nSPS) is 27.5. The van der Waals surface area contributed by atoms with Crippen molar-refractivity contribution in [3.05, 3.63) is 22.8 Å². The Bertz CT molecular complexity index is 493. The number of carbonyl (C=O) groups excluding carboxylic acids is 2. The molecule has 1 aliphatic heterocycles. The van der Waals surface area contributed by atoms with Crippen LogP contribution in [0.25, 0.3) is 0 Å². The predicted octanol–water partition coefficient (Wildman–Crippen LogP) is 2.52. The van der Waals surface area contributed by atoms with Crippen LogP contribution in [0, 0.1) is 11.8 Å². The van der Waals surface area contributed by atoms with E-state index in [4.69, 9.17) is 0 Å². The molecule has 1 aliphatic carbocycles. The molecular formula is C13H13BrN2O2. The molecule has 0 aromatic carbocycles. The van der Waals surface area contributed by atoms with Gasteiger partial charge in [0.1, 0.15) is 0 Å². The predicted molar refractivity (Wildman–Crippen MR) is 69.9 cm³/mol. The Labute approximate surface area is 114 Å². The number of aromatic nitrogens is 1. The fourth-order valence-electron chi connectivity index (χ4n) is 2.91. The number of hydrogen-bond donors (Lipinski definition) is 0. The maximum atomic E-state index is 12.3. The van der Waals surface area contributed by atoms with E-state index in [9.17, 15) is 9.59 Å². The van der Waals surface area contributed by atoms with Gasteiger partial charge in [-0.05, 0) is 40.9 Å². The van der Waals surface area contributed by atoms with Crippen LogP contribution in [-0.2, 0) is 9.59 Å². The molecule has 2 amide bonds. The lowest BCUT2D eigenvalue weighted by Gasteiger charge is -2.19. The average Bonchev–Trinajstić information content (AvgIpc) is 2.64. The highest BCUT2D eigenvalue weighted by Gasteiger charge is 2.49. The second-order valence-electron chi connectivity index (χ2n) is 4.82. The van der Waals surface area contributed by atoms with Crippen molar-refractivity contribution in [3.63, 3.8) is 0 Å². The van der Waals surface area contributed by atoms with Crippen LogP contribution in [0.3, 0.4) is 0 Å². The number of carbonyl (C=O) groups is 2. The summed E-state index contributed by atoms with van der Waals surface area (Å²) >= 11 is 3.35. The first kappa shape index (κ1) is 11.8. The van der Waals surface area contributed by atoms with Gasteiger partial charge < -0.3 is 0 Å². The number of hydrogen-bond acceptors (Lipinski definition) is 3. The van der Waals surface area contributed by atoms with Crippen molar-refractivity contribution in [2.45, 2.75) is 25.7 Å². The Kier molecular flexibility index (Phi) is 2.93. The van der Waals surface area contributed by atoms with Crippen molar-refractivity contribution in [1.29, 1.82) is 0 Å². The van der Waals surface area contributed by atoms with Crippen LogP contribution in [-0.4, -0.2) is 16.8 Å². The largest absolute Gasteiger partial charge is 0.274 e. The van der Waals surface area contributed by atoms with Gasteiger partial charge in [-0.2, -0.15) is 0 Å². The number of pyridine rings is 1. The molecule has 4 nitrogen and oxygen atoms in total. The molecule has 94 valence electrons. The molecule has 2 atom stereocenters. The summed E-state index contributed by atoms with van der Waals surface area (Å²) in [5.74, 6) is 0.0235. The molecule has 0 spiro atoms. The zero-order valence-electron chi connectivity index (χ0n) is 9.80. The average molecular weight is 309 g/mol. The summed E-state index contributed by atoms with van der Waals surface area (Å²) in [6.07, 6.45) is 5.34. The van der Waals surface area contributed by atoms with Crippen molar-refractivity contribution in [3.8, 4) is 0 Å². The highest BCUT2D eigenvalue weighted by atomic mass is 79.9. The zero-order valence-corrected chi connectivity index (χ0v) is 11.4. The molecule has 18 heavy (non-hydrogen) atoms. The quantitative estimate of drug-likeness (QED) is 0.749.